The van der Waals surface area contributed by atoms with E-state index in [2.05, 4.69) is 10.0 Å². The highest BCUT2D eigenvalue weighted by Gasteiger charge is 2.30. The third-order valence-electron chi connectivity index (χ3n) is 5.34. The maximum atomic E-state index is 13.1. The van der Waals surface area contributed by atoms with Gasteiger partial charge in [0, 0.05) is 27.9 Å². The fourth-order valence-corrected chi connectivity index (χ4v) is 4.88. The molecular weight excluding hydrogens is 447 g/mol. The summed E-state index contributed by atoms with van der Waals surface area (Å²) in [6.07, 6.45) is 0.141. The maximum Gasteiger partial charge on any atom is 0.242 e. The summed E-state index contributed by atoms with van der Waals surface area (Å²) in [6.45, 7) is 1.63. The van der Waals surface area contributed by atoms with Gasteiger partial charge in [0.15, 0.2) is 11.6 Å². The molecule has 168 valence electrons. The molecule has 0 fully saturated rings. The van der Waals surface area contributed by atoms with Gasteiger partial charge in [0.05, 0.1) is 4.90 Å². The molecule has 1 aliphatic rings. The number of hydrogen-bond acceptors (Lipinski definition) is 5. The van der Waals surface area contributed by atoms with Crippen LogP contribution in [0, 0.1) is 5.82 Å². The average molecular weight is 466 g/mol. The molecule has 9 heteroatoms. The van der Waals surface area contributed by atoms with Gasteiger partial charge in [0.1, 0.15) is 11.9 Å². The highest BCUT2D eigenvalue weighted by atomic mass is 32.2. The zero-order valence-electron chi connectivity index (χ0n) is 17.5. The number of amides is 1. The molecule has 3 aromatic carbocycles. The van der Waals surface area contributed by atoms with E-state index in [-0.39, 0.29) is 45.3 Å². The molecule has 1 unspecified atom stereocenters. The first-order chi connectivity index (χ1) is 15.7. The van der Waals surface area contributed by atoms with Crippen molar-refractivity contribution in [1.29, 1.82) is 0 Å². The quantitative estimate of drug-likeness (QED) is 0.453. The molecule has 0 aromatic heterocycles. The van der Waals surface area contributed by atoms with Gasteiger partial charge in [-0.3, -0.25) is 14.4 Å². The number of carbonyl (C=O) groups is 3. The van der Waals surface area contributed by atoms with E-state index in [0.29, 0.717) is 5.56 Å². The van der Waals surface area contributed by atoms with Crippen molar-refractivity contribution < 1.29 is 27.2 Å². The summed E-state index contributed by atoms with van der Waals surface area (Å²) >= 11 is 0. The molecule has 3 aromatic rings. The molecule has 2 N–H and O–H groups in total. The summed E-state index contributed by atoms with van der Waals surface area (Å²) in [6, 6.07) is 14.0. The SMILES string of the molecule is CCC(NS(=O)(=O)c1ccc(F)cc1)C(=O)Nc1ccc2c(c1)C(=O)c1ccccc1C2=O. The van der Waals surface area contributed by atoms with Crippen molar-refractivity contribution >= 4 is 33.2 Å². The molecule has 0 radical (unpaired) electrons. The van der Waals surface area contributed by atoms with E-state index in [9.17, 15) is 27.2 Å². The molecule has 0 saturated carbocycles. The third kappa shape index (κ3) is 4.33. The van der Waals surface area contributed by atoms with Crippen LogP contribution in [0.15, 0.2) is 71.6 Å². The summed E-state index contributed by atoms with van der Waals surface area (Å²) in [7, 11) is -4.07. The Bertz CT molecular complexity index is 1380. The largest absolute Gasteiger partial charge is 0.325 e. The van der Waals surface area contributed by atoms with Crippen LogP contribution in [0.25, 0.3) is 0 Å². The first-order valence-electron chi connectivity index (χ1n) is 10.1. The van der Waals surface area contributed by atoms with Crippen LogP contribution in [-0.2, 0) is 14.8 Å². The summed E-state index contributed by atoms with van der Waals surface area (Å²) in [5, 5.41) is 2.60. The fraction of sp³-hybridized carbons (Fsp3) is 0.125. The van der Waals surface area contributed by atoms with Gasteiger partial charge in [-0.15, -0.1) is 0 Å². The van der Waals surface area contributed by atoms with Crippen molar-refractivity contribution in [2.24, 2.45) is 0 Å². The van der Waals surface area contributed by atoms with Crippen LogP contribution in [0.1, 0.15) is 45.2 Å². The van der Waals surface area contributed by atoms with E-state index >= 15 is 0 Å². The van der Waals surface area contributed by atoms with Crippen LogP contribution in [0.4, 0.5) is 10.1 Å². The molecule has 0 aliphatic heterocycles. The fourth-order valence-electron chi connectivity index (χ4n) is 3.60. The Hall–Kier alpha value is -3.69. The Balaban J connectivity index is 1.55. The average Bonchev–Trinajstić information content (AvgIpc) is 2.81. The smallest absolute Gasteiger partial charge is 0.242 e. The van der Waals surface area contributed by atoms with E-state index in [0.717, 1.165) is 24.3 Å². The van der Waals surface area contributed by atoms with E-state index in [1.807, 2.05) is 0 Å². The van der Waals surface area contributed by atoms with Crippen LogP contribution in [-0.4, -0.2) is 31.9 Å². The first kappa shape index (κ1) is 22.5. The normalized spacial score (nSPS) is 13.8. The van der Waals surface area contributed by atoms with Crippen molar-refractivity contribution in [2.75, 3.05) is 5.32 Å². The second kappa shape index (κ2) is 8.68. The summed E-state index contributed by atoms with van der Waals surface area (Å²) in [4.78, 5) is 38.2. The second-order valence-corrected chi connectivity index (χ2v) is 9.20. The lowest BCUT2D eigenvalue weighted by atomic mass is 9.84. The van der Waals surface area contributed by atoms with Crippen LogP contribution in [0.3, 0.4) is 0 Å². The molecule has 4 rings (SSSR count). The Morgan fingerprint density at radius 1 is 0.879 bits per heavy atom. The van der Waals surface area contributed by atoms with E-state index in [1.54, 1.807) is 31.2 Å². The van der Waals surface area contributed by atoms with Gasteiger partial charge < -0.3 is 5.32 Å². The first-order valence-corrected chi connectivity index (χ1v) is 11.6. The number of rotatable bonds is 6. The molecule has 0 saturated heterocycles. The number of anilines is 1. The van der Waals surface area contributed by atoms with E-state index in [1.165, 1.54) is 18.2 Å². The summed E-state index contributed by atoms with van der Waals surface area (Å²) < 4.78 is 40.5. The molecule has 33 heavy (non-hydrogen) atoms. The molecule has 1 atom stereocenters. The molecule has 0 spiro atoms. The Kier molecular flexibility index (Phi) is 5.92. The monoisotopic (exact) mass is 466 g/mol. The Labute approximate surface area is 189 Å². The number of halogens is 1. The van der Waals surface area contributed by atoms with E-state index < -0.39 is 27.8 Å². The maximum absolute atomic E-state index is 13.1. The second-order valence-electron chi connectivity index (χ2n) is 7.49. The van der Waals surface area contributed by atoms with Gasteiger partial charge in [-0.1, -0.05) is 31.2 Å². The molecular formula is C24H19FN2O5S. The minimum atomic E-state index is -4.07. The van der Waals surface area contributed by atoms with Crippen molar-refractivity contribution in [1.82, 2.24) is 4.72 Å². The Morgan fingerprint density at radius 2 is 1.45 bits per heavy atom. The van der Waals surface area contributed by atoms with Gasteiger partial charge in [-0.25, -0.2) is 12.8 Å². The van der Waals surface area contributed by atoms with Crippen LogP contribution < -0.4 is 10.0 Å². The van der Waals surface area contributed by atoms with Crippen molar-refractivity contribution in [2.45, 2.75) is 24.3 Å². The van der Waals surface area contributed by atoms with Crippen LogP contribution in [0.2, 0.25) is 0 Å². The number of ketones is 2. The van der Waals surface area contributed by atoms with Gasteiger partial charge in [-0.05, 0) is 48.9 Å². The Morgan fingerprint density at radius 3 is 2.06 bits per heavy atom. The lowest BCUT2D eigenvalue weighted by Gasteiger charge is -2.20. The number of carbonyl (C=O) groups excluding carboxylic acids is 3. The molecule has 0 bridgehead atoms. The number of benzene rings is 3. The minimum absolute atomic E-state index is 0.141. The van der Waals surface area contributed by atoms with Gasteiger partial charge >= 0.3 is 0 Å². The summed E-state index contributed by atoms with van der Waals surface area (Å²) in [5.41, 5.74) is 1.26. The number of nitrogens with one attached hydrogen (secondary N) is 2. The highest BCUT2D eigenvalue weighted by Crippen LogP contribution is 2.29. The zero-order chi connectivity index (χ0) is 23.8. The molecule has 1 amide bonds. The number of fused-ring (bicyclic) bond motifs is 2. The van der Waals surface area contributed by atoms with Gasteiger partial charge in [-0.2, -0.15) is 4.72 Å². The molecule has 7 nitrogen and oxygen atoms in total. The zero-order valence-corrected chi connectivity index (χ0v) is 18.3. The van der Waals surface area contributed by atoms with Gasteiger partial charge in [0.25, 0.3) is 0 Å². The van der Waals surface area contributed by atoms with Crippen molar-refractivity contribution in [3.63, 3.8) is 0 Å². The predicted molar refractivity (Wildman–Crippen MR) is 119 cm³/mol. The number of sulfonamides is 1. The standard InChI is InChI=1S/C24H19FN2O5S/c1-2-21(27-33(31,32)16-10-7-14(25)8-11-16)24(30)26-15-9-12-19-20(13-15)23(29)18-6-4-3-5-17(18)22(19)28/h3-13,21,27H,2H2,1H3,(H,26,30). The topological polar surface area (TPSA) is 109 Å². The van der Waals surface area contributed by atoms with Crippen LogP contribution >= 0.6 is 0 Å². The van der Waals surface area contributed by atoms with Crippen molar-refractivity contribution in [3.05, 3.63) is 94.8 Å². The van der Waals surface area contributed by atoms with Gasteiger partial charge in [0.2, 0.25) is 15.9 Å². The van der Waals surface area contributed by atoms with E-state index in [4.69, 9.17) is 0 Å². The number of hydrogen-bond donors (Lipinski definition) is 2. The summed E-state index contributed by atoms with van der Waals surface area (Å²) in [5.74, 6) is -1.84. The predicted octanol–water partition coefficient (Wildman–Crippen LogP) is 3.30. The third-order valence-corrected chi connectivity index (χ3v) is 6.83. The lowest BCUT2D eigenvalue weighted by molar-refractivity contribution is -0.117. The molecule has 0 heterocycles. The molecule has 1 aliphatic carbocycles. The van der Waals surface area contributed by atoms with Crippen LogP contribution in [0.5, 0.6) is 0 Å². The highest BCUT2D eigenvalue weighted by molar-refractivity contribution is 7.89. The van der Waals surface area contributed by atoms with Crippen molar-refractivity contribution in [3.8, 4) is 0 Å². The minimum Gasteiger partial charge on any atom is -0.325 e. The lowest BCUT2D eigenvalue weighted by Crippen LogP contribution is -2.43.